The second kappa shape index (κ2) is 8.58. The van der Waals surface area contributed by atoms with Crippen LogP contribution in [0.4, 0.5) is 21.9 Å². The van der Waals surface area contributed by atoms with E-state index in [0.717, 1.165) is 12.0 Å². The fourth-order valence-corrected chi connectivity index (χ4v) is 3.64. The first kappa shape index (κ1) is 19.4. The topological polar surface area (TPSA) is 87.3 Å². The van der Waals surface area contributed by atoms with Crippen LogP contribution in [0.15, 0.2) is 83.8 Å². The van der Waals surface area contributed by atoms with Crippen LogP contribution in [0, 0.1) is 0 Å². The fraction of sp³-hybridized carbons (Fsp3) is 0.0952. The van der Waals surface area contributed by atoms with E-state index in [2.05, 4.69) is 15.4 Å². The molecule has 3 aromatic rings. The molecule has 0 bridgehead atoms. The van der Waals surface area contributed by atoms with E-state index in [-0.39, 0.29) is 4.90 Å². The van der Waals surface area contributed by atoms with Gasteiger partial charge in [0.15, 0.2) is 0 Å². The zero-order valence-corrected chi connectivity index (χ0v) is 16.2. The Morgan fingerprint density at radius 2 is 1.39 bits per heavy atom. The van der Waals surface area contributed by atoms with Gasteiger partial charge in [0.25, 0.3) is 10.0 Å². The molecule has 7 heteroatoms. The summed E-state index contributed by atoms with van der Waals surface area (Å²) in [7, 11) is -3.71. The minimum Gasteiger partial charge on any atom is -0.308 e. The number of carbonyl (C=O) groups excluding carboxylic acids is 1. The highest BCUT2D eigenvalue weighted by Crippen LogP contribution is 2.20. The van der Waals surface area contributed by atoms with Crippen LogP contribution < -0.4 is 15.4 Å². The van der Waals surface area contributed by atoms with Crippen molar-refractivity contribution in [1.29, 1.82) is 0 Å². The van der Waals surface area contributed by atoms with Crippen LogP contribution in [0.3, 0.4) is 0 Å². The average molecular weight is 395 g/mol. The molecule has 0 aliphatic rings. The summed E-state index contributed by atoms with van der Waals surface area (Å²) in [5, 5.41) is 5.39. The number of anilines is 3. The number of para-hydroxylation sites is 1. The number of sulfonamides is 1. The van der Waals surface area contributed by atoms with Gasteiger partial charge in [-0.3, -0.25) is 4.72 Å². The molecular formula is C21H21N3O3S. The first-order chi connectivity index (χ1) is 13.5. The zero-order valence-electron chi connectivity index (χ0n) is 15.3. The molecule has 0 saturated carbocycles. The van der Waals surface area contributed by atoms with Gasteiger partial charge >= 0.3 is 6.03 Å². The third-order valence-corrected chi connectivity index (χ3v) is 5.44. The predicted molar refractivity (Wildman–Crippen MR) is 112 cm³/mol. The van der Waals surface area contributed by atoms with Gasteiger partial charge in [0.05, 0.1) is 10.6 Å². The largest absolute Gasteiger partial charge is 0.323 e. The summed E-state index contributed by atoms with van der Waals surface area (Å²) in [6, 6.07) is 21.9. The molecule has 144 valence electrons. The van der Waals surface area contributed by atoms with Gasteiger partial charge < -0.3 is 10.6 Å². The molecule has 28 heavy (non-hydrogen) atoms. The number of amides is 2. The zero-order chi connectivity index (χ0) is 20.0. The molecule has 0 saturated heterocycles. The maximum atomic E-state index is 12.6. The molecule has 3 aromatic carbocycles. The molecule has 6 nitrogen and oxygen atoms in total. The van der Waals surface area contributed by atoms with Crippen molar-refractivity contribution < 1.29 is 13.2 Å². The van der Waals surface area contributed by atoms with E-state index in [0.29, 0.717) is 17.1 Å². The Bertz CT molecular complexity index is 1050. The standard InChI is InChI=1S/C21H21N3O3S/c1-2-16-11-13-20(14-12-16)28(26,27)24-19-10-6-9-18(15-19)23-21(25)22-17-7-4-3-5-8-17/h3-15,24H,2H2,1H3,(H2,22,23,25). The summed E-state index contributed by atoms with van der Waals surface area (Å²) >= 11 is 0. The van der Waals surface area contributed by atoms with Crippen molar-refractivity contribution in [2.75, 3.05) is 15.4 Å². The van der Waals surface area contributed by atoms with E-state index in [1.165, 1.54) is 0 Å². The second-order valence-corrected chi connectivity index (χ2v) is 7.81. The molecule has 3 rings (SSSR count). The Labute approximate surface area is 164 Å². The molecule has 0 fully saturated rings. The van der Waals surface area contributed by atoms with Gasteiger partial charge in [-0.1, -0.05) is 43.3 Å². The number of hydrogen-bond donors (Lipinski definition) is 3. The van der Waals surface area contributed by atoms with Crippen LogP contribution in [0.5, 0.6) is 0 Å². The molecule has 2 amide bonds. The molecule has 0 heterocycles. The summed E-state index contributed by atoms with van der Waals surface area (Å²) in [5.74, 6) is 0. The quantitative estimate of drug-likeness (QED) is 0.566. The van der Waals surface area contributed by atoms with Crippen molar-refractivity contribution in [2.45, 2.75) is 18.2 Å². The van der Waals surface area contributed by atoms with Crippen LogP contribution in [0.1, 0.15) is 12.5 Å². The third kappa shape index (κ3) is 5.11. The van der Waals surface area contributed by atoms with Gasteiger partial charge in [-0.05, 0) is 54.4 Å². The van der Waals surface area contributed by atoms with Crippen molar-refractivity contribution in [2.24, 2.45) is 0 Å². The van der Waals surface area contributed by atoms with Crippen molar-refractivity contribution in [3.05, 3.63) is 84.4 Å². The maximum absolute atomic E-state index is 12.6. The van der Waals surface area contributed by atoms with Gasteiger partial charge in [0.2, 0.25) is 0 Å². The lowest BCUT2D eigenvalue weighted by Crippen LogP contribution is -2.19. The molecular weight excluding hydrogens is 374 g/mol. The number of carbonyl (C=O) groups is 1. The van der Waals surface area contributed by atoms with Gasteiger partial charge in [0.1, 0.15) is 0 Å². The summed E-state index contributed by atoms with van der Waals surface area (Å²) in [5.41, 5.74) is 2.55. The van der Waals surface area contributed by atoms with E-state index in [1.54, 1.807) is 60.7 Å². The molecule has 3 N–H and O–H groups in total. The highest BCUT2D eigenvalue weighted by Gasteiger charge is 2.14. The summed E-state index contributed by atoms with van der Waals surface area (Å²) in [4.78, 5) is 12.3. The molecule has 0 aliphatic carbocycles. The monoisotopic (exact) mass is 395 g/mol. The number of nitrogens with one attached hydrogen (secondary N) is 3. The minimum absolute atomic E-state index is 0.185. The smallest absolute Gasteiger partial charge is 0.308 e. The van der Waals surface area contributed by atoms with E-state index >= 15 is 0 Å². The van der Waals surface area contributed by atoms with Gasteiger partial charge in [0, 0.05) is 11.4 Å². The first-order valence-corrected chi connectivity index (χ1v) is 10.3. The summed E-state index contributed by atoms with van der Waals surface area (Å²) in [6.45, 7) is 2.01. The van der Waals surface area contributed by atoms with Crippen molar-refractivity contribution in [3.8, 4) is 0 Å². The van der Waals surface area contributed by atoms with Gasteiger partial charge in [-0.15, -0.1) is 0 Å². The first-order valence-electron chi connectivity index (χ1n) is 8.81. The van der Waals surface area contributed by atoms with Crippen LogP contribution in [-0.4, -0.2) is 14.4 Å². The van der Waals surface area contributed by atoms with E-state index < -0.39 is 16.1 Å². The van der Waals surface area contributed by atoms with Crippen molar-refractivity contribution in [3.63, 3.8) is 0 Å². The highest BCUT2D eigenvalue weighted by atomic mass is 32.2. The molecule has 0 radical (unpaired) electrons. The summed E-state index contributed by atoms with van der Waals surface area (Å²) < 4.78 is 27.7. The van der Waals surface area contributed by atoms with Crippen LogP contribution >= 0.6 is 0 Å². The second-order valence-electron chi connectivity index (χ2n) is 6.13. The average Bonchev–Trinajstić information content (AvgIpc) is 2.68. The maximum Gasteiger partial charge on any atom is 0.323 e. The van der Waals surface area contributed by atoms with Gasteiger partial charge in [-0.2, -0.15) is 0 Å². The van der Waals surface area contributed by atoms with Crippen molar-refractivity contribution >= 4 is 33.1 Å². The Morgan fingerprint density at radius 3 is 2.07 bits per heavy atom. The van der Waals surface area contributed by atoms with Crippen LogP contribution in [0.2, 0.25) is 0 Å². The van der Waals surface area contributed by atoms with E-state index in [1.807, 2.05) is 25.1 Å². The number of urea groups is 1. The predicted octanol–water partition coefficient (Wildman–Crippen LogP) is 4.69. The lowest BCUT2D eigenvalue weighted by atomic mass is 10.2. The lowest BCUT2D eigenvalue weighted by molar-refractivity contribution is 0.262. The molecule has 0 aliphatic heterocycles. The SMILES string of the molecule is CCc1ccc(S(=O)(=O)Nc2cccc(NC(=O)Nc3ccccc3)c2)cc1. The Morgan fingerprint density at radius 1 is 0.786 bits per heavy atom. The Balaban J connectivity index is 1.69. The Kier molecular flexibility index (Phi) is 5.96. The van der Waals surface area contributed by atoms with E-state index in [9.17, 15) is 13.2 Å². The van der Waals surface area contributed by atoms with E-state index in [4.69, 9.17) is 0 Å². The number of aryl methyl sites for hydroxylation is 1. The minimum atomic E-state index is -3.71. The van der Waals surface area contributed by atoms with Crippen LogP contribution in [0.25, 0.3) is 0 Å². The normalized spacial score (nSPS) is 10.9. The van der Waals surface area contributed by atoms with Crippen molar-refractivity contribution in [1.82, 2.24) is 0 Å². The van der Waals surface area contributed by atoms with Gasteiger partial charge in [-0.25, -0.2) is 13.2 Å². The fourth-order valence-electron chi connectivity index (χ4n) is 2.59. The molecule has 0 spiro atoms. The molecule has 0 aromatic heterocycles. The van der Waals surface area contributed by atoms with Crippen LogP contribution in [-0.2, 0) is 16.4 Å². The Hall–Kier alpha value is -3.32. The molecule has 0 unspecified atom stereocenters. The number of rotatable bonds is 6. The third-order valence-electron chi connectivity index (χ3n) is 4.05. The molecule has 0 atom stereocenters. The highest BCUT2D eigenvalue weighted by molar-refractivity contribution is 7.92. The lowest BCUT2D eigenvalue weighted by Gasteiger charge is -2.11. The number of hydrogen-bond acceptors (Lipinski definition) is 3. The number of benzene rings is 3. The summed E-state index contributed by atoms with van der Waals surface area (Å²) in [6.07, 6.45) is 0.840.